The topological polar surface area (TPSA) is 268 Å². The molecule has 0 bridgehead atoms. The molecule has 3 heterocycles. The van der Waals surface area contributed by atoms with Gasteiger partial charge in [-0.25, -0.2) is 28.6 Å². The minimum atomic E-state index is -5.68. The number of nitrogen functional groups attached to an aromatic ring is 1. The molecule has 0 amide bonds. The van der Waals surface area contributed by atoms with Crippen LogP contribution in [0.2, 0.25) is 0 Å². The Balaban J connectivity index is 1.64. The van der Waals surface area contributed by atoms with E-state index in [4.69, 9.17) is 10.5 Å². The molecule has 35 heavy (non-hydrogen) atoms. The van der Waals surface area contributed by atoms with Crippen LogP contribution in [0.3, 0.4) is 0 Å². The molecule has 7 atom stereocenters. The first-order chi connectivity index (χ1) is 16.1. The Morgan fingerprint density at radius 2 is 1.77 bits per heavy atom. The van der Waals surface area contributed by atoms with Crippen molar-refractivity contribution in [2.24, 2.45) is 0 Å². The highest BCUT2D eigenvalue weighted by atomic mass is 31.3. The average Bonchev–Trinajstić information content (AvgIpc) is 3.27. The van der Waals surface area contributed by atoms with Gasteiger partial charge in [0.1, 0.15) is 35.9 Å². The number of aromatic nitrogens is 4. The van der Waals surface area contributed by atoms with Crippen LogP contribution in [-0.4, -0.2) is 69.3 Å². The number of fused-ring (bicyclic) bond motifs is 1. The van der Waals surface area contributed by atoms with Gasteiger partial charge < -0.3 is 35.0 Å². The number of phosphoric acid groups is 3. The monoisotopic (exact) mass is 561 g/mol. The Hall–Kier alpha value is -1.78. The molecular formula is C14H22N5O13P3. The third-order valence-electron chi connectivity index (χ3n) is 4.45. The molecule has 18 nitrogen and oxygen atoms in total. The van der Waals surface area contributed by atoms with Gasteiger partial charge in [-0.05, 0) is 0 Å². The summed E-state index contributed by atoms with van der Waals surface area (Å²) in [4.78, 5) is 40.5. The fourth-order valence-electron chi connectivity index (χ4n) is 2.86. The minimum Gasteiger partial charge on any atom is -0.409 e. The summed E-state index contributed by atoms with van der Waals surface area (Å²) in [6, 6.07) is 0. The van der Waals surface area contributed by atoms with Crippen LogP contribution >= 0.6 is 23.5 Å². The number of aliphatic hydroxyl groups excluding tert-OH is 2. The molecule has 0 saturated carbocycles. The van der Waals surface area contributed by atoms with Crippen LogP contribution in [0, 0.1) is 0 Å². The molecular weight excluding hydrogens is 539 g/mol. The molecule has 2 aromatic rings. The van der Waals surface area contributed by atoms with Crippen LogP contribution in [-0.2, 0) is 36.1 Å². The van der Waals surface area contributed by atoms with Crippen LogP contribution in [0.5, 0.6) is 0 Å². The Morgan fingerprint density at radius 3 is 2.43 bits per heavy atom. The molecule has 7 N–H and O–H groups in total. The highest BCUT2D eigenvalue weighted by Gasteiger charge is 2.47. The fraction of sp³-hybridized carbons (Fsp3) is 0.500. The third kappa shape index (κ3) is 6.71. The second-order valence-electron chi connectivity index (χ2n) is 6.98. The standard InChI is InChI=1S/C14H22N5O13P3/c1-3-7(2)30-34(24,25)32-35(26,27)31-33(22,23)28-4-8-10(20)11(21)14(29-8)19-6-18-9-12(15)16-5-17-13(9)19/h5-6,8,10-11,14,20-21H,2-4H2,1H3,(H,22,23)(H,24,25)(H,26,27)(H2,15,16,17)/t8-,10-,11-,14-/m1/s1. The summed E-state index contributed by atoms with van der Waals surface area (Å²) in [6.45, 7) is 3.80. The summed E-state index contributed by atoms with van der Waals surface area (Å²) in [7, 11) is -16.4. The fourth-order valence-corrected chi connectivity index (χ4v) is 6.45. The van der Waals surface area contributed by atoms with Crippen molar-refractivity contribution in [2.45, 2.75) is 37.9 Å². The van der Waals surface area contributed by atoms with E-state index in [1.807, 2.05) is 0 Å². The van der Waals surface area contributed by atoms with Crippen molar-refractivity contribution in [3.8, 4) is 0 Å². The lowest BCUT2D eigenvalue weighted by Crippen LogP contribution is -2.33. The summed E-state index contributed by atoms with van der Waals surface area (Å²) in [5.74, 6) is -0.230. The van der Waals surface area contributed by atoms with Gasteiger partial charge in [-0.1, -0.05) is 13.5 Å². The Bertz CT molecular complexity index is 1240. The number of rotatable bonds is 11. The van der Waals surface area contributed by atoms with Gasteiger partial charge in [-0.15, -0.1) is 0 Å². The number of hydrogen-bond acceptors (Lipinski definition) is 14. The summed E-state index contributed by atoms with van der Waals surface area (Å²) >= 11 is 0. The van der Waals surface area contributed by atoms with Crippen LogP contribution in [0.1, 0.15) is 19.6 Å². The van der Waals surface area contributed by atoms with Crippen molar-refractivity contribution >= 4 is 40.4 Å². The molecule has 1 fully saturated rings. The molecule has 21 heteroatoms. The summed E-state index contributed by atoms with van der Waals surface area (Å²) in [5.41, 5.74) is 6.05. The lowest BCUT2D eigenvalue weighted by Gasteiger charge is -2.20. The van der Waals surface area contributed by atoms with Crippen molar-refractivity contribution in [1.82, 2.24) is 19.5 Å². The highest BCUT2D eigenvalue weighted by molar-refractivity contribution is 7.66. The van der Waals surface area contributed by atoms with E-state index in [1.54, 1.807) is 0 Å². The predicted octanol–water partition coefficient (Wildman–Crippen LogP) is 0.319. The molecule has 1 aliphatic rings. The number of nitrogens with zero attached hydrogens (tertiary/aromatic N) is 4. The van der Waals surface area contributed by atoms with Gasteiger partial charge >= 0.3 is 23.5 Å². The van der Waals surface area contributed by atoms with Crippen molar-refractivity contribution in [1.29, 1.82) is 0 Å². The Kier molecular flexibility index (Phi) is 8.18. The Labute approximate surface area is 196 Å². The van der Waals surface area contributed by atoms with Crippen LogP contribution < -0.4 is 5.73 Å². The number of anilines is 1. The van der Waals surface area contributed by atoms with E-state index in [2.05, 4.69) is 39.2 Å². The molecule has 3 unspecified atom stereocenters. The average molecular weight is 561 g/mol. The molecule has 0 spiro atoms. The second kappa shape index (κ2) is 10.3. The van der Waals surface area contributed by atoms with Crippen molar-refractivity contribution in [3.63, 3.8) is 0 Å². The normalized spacial score (nSPS) is 27.7. The molecule has 0 aliphatic carbocycles. The third-order valence-corrected chi connectivity index (χ3v) is 8.72. The van der Waals surface area contributed by atoms with Gasteiger partial charge in [0.05, 0.1) is 12.9 Å². The SMILES string of the molecule is C=C(CC)OP(=O)(O)OP(=O)(O)OP(=O)(O)OC[C@H]1O[C@@H](n2cnc3c(N)ncnc32)[C@H](O)[C@@H]1O. The largest absolute Gasteiger partial charge is 0.536 e. The quantitative estimate of drug-likeness (QED) is 0.159. The van der Waals surface area contributed by atoms with E-state index in [-0.39, 0.29) is 29.2 Å². The van der Waals surface area contributed by atoms with Crippen LogP contribution in [0.4, 0.5) is 5.82 Å². The highest BCUT2D eigenvalue weighted by Crippen LogP contribution is 2.68. The van der Waals surface area contributed by atoms with Gasteiger partial charge in [-0.2, -0.15) is 8.62 Å². The van der Waals surface area contributed by atoms with Gasteiger partial charge in [0.15, 0.2) is 17.7 Å². The summed E-state index contributed by atoms with van der Waals surface area (Å²) in [5, 5.41) is 20.6. The summed E-state index contributed by atoms with van der Waals surface area (Å²) in [6.07, 6.45) is -3.59. The van der Waals surface area contributed by atoms with E-state index >= 15 is 0 Å². The zero-order valence-electron chi connectivity index (χ0n) is 17.8. The van der Waals surface area contributed by atoms with E-state index in [1.165, 1.54) is 17.8 Å². The maximum Gasteiger partial charge on any atom is 0.536 e. The van der Waals surface area contributed by atoms with Crippen LogP contribution in [0.25, 0.3) is 11.2 Å². The molecule has 196 valence electrons. The zero-order chi connectivity index (χ0) is 26.2. The van der Waals surface area contributed by atoms with E-state index in [0.29, 0.717) is 0 Å². The lowest BCUT2D eigenvalue weighted by molar-refractivity contribution is -0.0503. The first kappa shape index (κ1) is 27.8. The number of ether oxygens (including phenoxy) is 1. The van der Waals surface area contributed by atoms with E-state index in [0.717, 1.165) is 6.33 Å². The Morgan fingerprint density at radius 1 is 1.11 bits per heavy atom. The number of allylic oxidation sites excluding steroid dienone is 1. The number of hydrogen-bond donors (Lipinski definition) is 6. The first-order valence-corrected chi connectivity index (χ1v) is 14.0. The summed E-state index contributed by atoms with van der Waals surface area (Å²) < 4.78 is 59.2. The van der Waals surface area contributed by atoms with Gasteiger partial charge in [0.2, 0.25) is 0 Å². The zero-order valence-corrected chi connectivity index (χ0v) is 20.5. The number of imidazole rings is 1. The lowest BCUT2D eigenvalue weighted by atomic mass is 10.1. The van der Waals surface area contributed by atoms with Crippen molar-refractivity contribution in [3.05, 3.63) is 25.0 Å². The van der Waals surface area contributed by atoms with Gasteiger partial charge in [0, 0.05) is 6.42 Å². The number of nitrogens with two attached hydrogens (primary N) is 1. The minimum absolute atomic E-state index is 0.0486. The van der Waals surface area contributed by atoms with Crippen LogP contribution in [0.15, 0.2) is 25.0 Å². The van der Waals surface area contributed by atoms with Gasteiger partial charge in [-0.3, -0.25) is 14.0 Å². The van der Waals surface area contributed by atoms with Crippen molar-refractivity contribution in [2.75, 3.05) is 12.3 Å². The second-order valence-corrected chi connectivity index (χ2v) is 11.5. The number of aliphatic hydroxyl groups is 2. The molecule has 2 aromatic heterocycles. The van der Waals surface area contributed by atoms with E-state index in [9.17, 15) is 38.6 Å². The molecule has 0 radical (unpaired) electrons. The van der Waals surface area contributed by atoms with Gasteiger partial charge in [0.25, 0.3) is 0 Å². The molecule has 0 aromatic carbocycles. The maximum atomic E-state index is 12.1. The van der Waals surface area contributed by atoms with E-state index < -0.39 is 54.6 Å². The number of phosphoric ester groups is 2. The van der Waals surface area contributed by atoms with Crippen molar-refractivity contribution < 1.29 is 61.0 Å². The smallest absolute Gasteiger partial charge is 0.409 e. The molecule has 3 rings (SSSR count). The molecule has 1 saturated heterocycles. The molecule has 1 aliphatic heterocycles. The first-order valence-electron chi connectivity index (χ1n) is 9.52. The predicted molar refractivity (Wildman–Crippen MR) is 114 cm³/mol. The maximum absolute atomic E-state index is 12.1.